The summed E-state index contributed by atoms with van der Waals surface area (Å²) in [4.78, 5) is 36.5. The number of hydrogen-bond acceptors (Lipinski definition) is 5. The smallest absolute Gasteiger partial charge is 0.269 e. The Morgan fingerprint density at radius 2 is 1.50 bits per heavy atom. The van der Waals surface area contributed by atoms with Crippen molar-refractivity contribution in [2.45, 2.75) is 12.3 Å². The Bertz CT molecular complexity index is 1180. The van der Waals surface area contributed by atoms with Crippen LogP contribution in [0.4, 0.5) is 5.69 Å². The first-order valence-electron chi connectivity index (χ1n) is 9.37. The number of nitro groups is 1. The van der Waals surface area contributed by atoms with Crippen LogP contribution < -0.4 is 0 Å². The van der Waals surface area contributed by atoms with Crippen LogP contribution in [-0.2, 0) is 0 Å². The van der Waals surface area contributed by atoms with Crippen molar-refractivity contribution < 1.29 is 19.6 Å². The van der Waals surface area contributed by atoms with Crippen molar-refractivity contribution in [1.29, 1.82) is 0 Å². The summed E-state index contributed by atoms with van der Waals surface area (Å²) in [5, 5.41) is 21.8. The first kappa shape index (κ1) is 19.3. The number of non-ortho nitro benzene ring substituents is 1. The summed E-state index contributed by atoms with van der Waals surface area (Å²) in [6.45, 7) is 0. The maximum atomic E-state index is 13.1. The van der Waals surface area contributed by atoms with E-state index in [1.54, 1.807) is 54.6 Å². The lowest BCUT2D eigenvalue weighted by Gasteiger charge is -2.18. The zero-order valence-electron chi connectivity index (χ0n) is 15.8. The molecule has 0 aromatic heterocycles. The average Bonchev–Trinajstić information content (AvgIpc) is 3.03. The fourth-order valence-electron chi connectivity index (χ4n) is 3.75. The molecule has 148 valence electrons. The second kappa shape index (κ2) is 7.75. The zero-order chi connectivity index (χ0) is 21.3. The molecule has 3 aromatic rings. The Labute approximate surface area is 172 Å². The summed E-state index contributed by atoms with van der Waals surface area (Å²) in [5.74, 6) is -1.42. The SMILES string of the molecule is O=C(CC(C1=C(O)c2ccccc2C1=O)c1ccc([N+](=O)[O-])cc1)c1ccccc1. The van der Waals surface area contributed by atoms with E-state index in [2.05, 4.69) is 0 Å². The number of benzene rings is 3. The fraction of sp³-hybridized carbons (Fsp3) is 0.0833. The van der Waals surface area contributed by atoms with Gasteiger partial charge in [-0.3, -0.25) is 19.7 Å². The molecule has 0 bridgehead atoms. The lowest BCUT2D eigenvalue weighted by molar-refractivity contribution is -0.384. The molecule has 1 atom stereocenters. The summed E-state index contributed by atoms with van der Waals surface area (Å²) in [6, 6.07) is 21.1. The van der Waals surface area contributed by atoms with Crippen LogP contribution >= 0.6 is 0 Å². The molecule has 1 N–H and O–H groups in total. The molecular formula is C24H17NO5. The zero-order valence-corrected chi connectivity index (χ0v) is 15.8. The molecule has 0 saturated carbocycles. The lowest BCUT2D eigenvalue weighted by atomic mass is 9.83. The molecule has 6 heteroatoms. The van der Waals surface area contributed by atoms with Gasteiger partial charge in [-0.1, -0.05) is 66.7 Å². The van der Waals surface area contributed by atoms with Gasteiger partial charge in [0, 0.05) is 41.2 Å². The van der Waals surface area contributed by atoms with Crippen molar-refractivity contribution in [2.75, 3.05) is 0 Å². The summed E-state index contributed by atoms with van der Waals surface area (Å²) in [6.07, 6.45) is -0.0546. The summed E-state index contributed by atoms with van der Waals surface area (Å²) < 4.78 is 0. The van der Waals surface area contributed by atoms with Gasteiger partial charge in [-0.2, -0.15) is 0 Å². The highest BCUT2D eigenvalue weighted by molar-refractivity contribution is 6.20. The molecule has 4 rings (SSSR count). The van der Waals surface area contributed by atoms with Gasteiger partial charge in [-0.15, -0.1) is 0 Å². The Balaban J connectivity index is 1.78. The van der Waals surface area contributed by atoms with E-state index < -0.39 is 10.8 Å². The number of allylic oxidation sites excluding steroid dienone is 1. The molecule has 0 heterocycles. The van der Waals surface area contributed by atoms with E-state index in [0.717, 1.165) is 0 Å². The number of carbonyl (C=O) groups excluding carboxylic acids is 2. The predicted molar refractivity (Wildman–Crippen MR) is 112 cm³/mol. The van der Waals surface area contributed by atoms with Crippen LogP contribution in [0.3, 0.4) is 0 Å². The molecule has 0 fully saturated rings. The standard InChI is InChI=1S/C24H17NO5/c26-21(16-6-2-1-3-7-16)14-20(15-10-12-17(13-11-15)25(29)30)22-23(27)18-8-4-5-9-19(18)24(22)28/h1-13,20,27H,14H2. The van der Waals surface area contributed by atoms with Crippen molar-refractivity contribution >= 4 is 23.0 Å². The van der Waals surface area contributed by atoms with E-state index in [4.69, 9.17) is 0 Å². The van der Waals surface area contributed by atoms with Gasteiger partial charge in [0.15, 0.2) is 11.6 Å². The fourth-order valence-corrected chi connectivity index (χ4v) is 3.75. The van der Waals surface area contributed by atoms with Crippen LogP contribution in [0.2, 0.25) is 0 Å². The number of rotatable bonds is 6. The van der Waals surface area contributed by atoms with E-state index >= 15 is 0 Å². The minimum Gasteiger partial charge on any atom is -0.507 e. The molecule has 1 aliphatic rings. The normalized spacial score (nSPS) is 13.8. The third kappa shape index (κ3) is 3.39. The van der Waals surface area contributed by atoms with Crippen LogP contribution in [0, 0.1) is 10.1 Å². The minimum absolute atomic E-state index is 0.0546. The lowest BCUT2D eigenvalue weighted by Crippen LogP contribution is -2.15. The van der Waals surface area contributed by atoms with E-state index in [-0.39, 0.29) is 35.0 Å². The van der Waals surface area contributed by atoms with E-state index in [1.165, 1.54) is 24.3 Å². The number of nitrogens with zero attached hydrogens (tertiary/aromatic N) is 1. The van der Waals surface area contributed by atoms with E-state index in [0.29, 0.717) is 22.3 Å². The first-order chi connectivity index (χ1) is 14.5. The third-order valence-corrected chi connectivity index (χ3v) is 5.27. The number of nitro benzene ring substituents is 1. The predicted octanol–water partition coefficient (Wildman–Crippen LogP) is 5.12. The van der Waals surface area contributed by atoms with Crippen molar-refractivity contribution in [3.8, 4) is 0 Å². The maximum absolute atomic E-state index is 13.1. The van der Waals surface area contributed by atoms with Crippen LogP contribution in [-0.4, -0.2) is 21.6 Å². The molecule has 1 aliphatic carbocycles. The highest BCUT2D eigenvalue weighted by Gasteiger charge is 2.36. The number of hydrogen-bond donors (Lipinski definition) is 1. The van der Waals surface area contributed by atoms with Crippen LogP contribution in [0.25, 0.3) is 5.76 Å². The van der Waals surface area contributed by atoms with Crippen LogP contribution in [0.1, 0.15) is 44.2 Å². The molecule has 0 spiro atoms. The Morgan fingerprint density at radius 3 is 2.10 bits per heavy atom. The number of Topliss-reactive ketones (excluding diaryl/α,β-unsaturated/α-hetero) is 2. The van der Waals surface area contributed by atoms with Crippen molar-refractivity contribution in [1.82, 2.24) is 0 Å². The monoisotopic (exact) mass is 399 g/mol. The van der Waals surface area contributed by atoms with Gasteiger partial charge in [-0.25, -0.2) is 0 Å². The highest BCUT2D eigenvalue weighted by atomic mass is 16.6. The molecule has 3 aromatic carbocycles. The second-order valence-corrected chi connectivity index (χ2v) is 7.03. The van der Waals surface area contributed by atoms with Crippen molar-refractivity contribution in [2.24, 2.45) is 0 Å². The Hall–Kier alpha value is -4.06. The molecule has 6 nitrogen and oxygen atoms in total. The van der Waals surface area contributed by atoms with Gasteiger partial charge in [0.2, 0.25) is 0 Å². The minimum atomic E-state index is -0.738. The van der Waals surface area contributed by atoms with Crippen molar-refractivity contribution in [3.63, 3.8) is 0 Å². The number of ketones is 2. The van der Waals surface area contributed by atoms with Gasteiger partial charge in [0.1, 0.15) is 5.76 Å². The van der Waals surface area contributed by atoms with Crippen molar-refractivity contribution in [3.05, 3.63) is 117 Å². The summed E-state index contributed by atoms with van der Waals surface area (Å²) in [5.41, 5.74) is 1.89. The van der Waals surface area contributed by atoms with Crippen LogP contribution in [0.15, 0.2) is 84.4 Å². The topological polar surface area (TPSA) is 97.5 Å². The number of carbonyl (C=O) groups is 2. The maximum Gasteiger partial charge on any atom is 0.269 e. The number of aliphatic hydroxyl groups excluding tert-OH is 1. The van der Waals surface area contributed by atoms with Crippen LogP contribution in [0.5, 0.6) is 0 Å². The molecule has 0 amide bonds. The third-order valence-electron chi connectivity index (χ3n) is 5.27. The largest absolute Gasteiger partial charge is 0.507 e. The van der Waals surface area contributed by atoms with Gasteiger partial charge in [0.05, 0.1) is 10.5 Å². The summed E-state index contributed by atoms with van der Waals surface area (Å²) >= 11 is 0. The second-order valence-electron chi connectivity index (χ2n) is 7.03. The molecule has 30 heavy (non-hydrogen) atoms. The van der Waals surface area contributed by atoms with E-state index in [1.807, 2.05) is 0 Å². The molecular weight excluding hydrogens is 382 g/mol. The Morgan fingerprint density at radius 1 is 0.900 bits per heavy atom. The number of aliphatic hydroxyl groups is 1. The quantitative estimate of drug-likeness (QED) is 0.353. The first-order valence-corrected chi connectivity index (χ1v) is 9.37. The average molecular weight is 399 g/mol. The Kier molecular flexibility index (Phi) is 4.98. The molecule has 0 saturated heterocycles. The molecule has 0 radical (unpaired) electrons. The van der Waals surface area contributed by atoms with Gasteiger partial charge < -0.3 is 5.11 Å². The van der Waals surface area contributed by atoms with E-state index in [9.17, 15) is 24.8 Å². The molecule has 1 unspecified atom stereocenters. The number of fused-ring (bicyclic) bond motifs is 1. The van der Waals surface area contributed by atoms with Gasteiger partial charge in [-0.05, 0) is 5.56 Å². The summed E-state index contributed by atoms with van der Waals surface area (Å²) in [7, 11) is 0. The van der Waals surface area contributed by atoms with Gasteiger partial charge in [0.25, 0.3) is 5.69 Å². The molecule has 0 aliphatic heterocycles. The highest BCUT2D eigenvalue weighted by Crippen LogP contribution is 2.41. The van der Waals surface area contributed by atoms with Gasteiger partial charge >= 0.3 is 0 Å².